The molecule has 1 saturated heterocycles. The Morgan fingerprint density at radius 1 is 1.37 bits per heavy atom. The largest absolute Gasteiger partial charge is 0.364 e. The Hall–Kier alpha value is -2.29. The Balaban J connectivity index is 1.73. The highest BCUT2D eigenvalue weighted by molar-refractivity contribution is 7.99. The number of thioether (sulfide) groups is 1. The van der Waals surface area contributed by atoms with E-state index in [9.17, 15) is 4.79 Å². The van der Waals surface area contributed by atoms with E-state index in [0.717, 1.165) is 28.8 Å². The number of benzene rings is 1. The van der Waals surface area contributed by atoms with Gasteiger partial charge in [0.25, 0.3) is 5.91 Å². The summed E-state index contributed by atoms with van der Waals surface area (Å²) in [5.74, 6) is 1.90. The van der Waals surface area contributed by atoms with Crippen LogP contribution < -0.4 is 16.8 Å². The summed E-state index contributed by atoms with van der Waals surface area (Å²) >= 11 is 7.92. The molecule has 3 heterocycles. The van der Waals surface area contributed by atoms with Gasteiger partial charge >= 0.3 is 0 Å². The molecule has 2 aromatic heterocycles. The SMILES string of the molecule is NC(=O)c1ncc(N[C@@H]2CSCC[C@@H]2N)nc1-c1cc2cc(Cl)ccc2[nH]1. The molecule has 1 aliphatic rings. The van der Waals surface area contributed by atoms with E-state index >= 15 is 0 Å². The number of amides is 1. The van der Waals surface area contributed by atoms with Crippen molar-refractivity contribution in [1.82, 2.24) is 15.0 Å². The van der Waals surface area contributed by atoms with Gasteiger partial charge in [-0.1, -0.05) is 11.6 Å². The molecule has 27 heavy (non-hydrogen) atoms. The Morgan fingerprint density at radius 3 is 3.00 bits per heavy atom. The summed E-state index contributed by atoms with van der Waals surface area (Å²) in [6.45, 7) is 0. The number of nitrogens with two attached hydrogens (primary N) is 2. The number of H-pyrrole nitrogens is 1. The molecule has 1 aliphatic heterocycles. The van der Waals surface area contributed by atoms with E-state index in [1.165, 1.54) is 6.20 Å². The summed E-state index contributed by atoms with van der Waals surface area (Å²) < 4.78 is 0. The minimum Gasteiger partial charge on any atom is -0.364 e. The van der Waals surface area contributed by atoms with Gasteiger partial charge in [0, 0.05) is 27.7 Å². The minimum absolute atomic E-state index is 0.0579. The van der Waals surface area contributed by atoms with Crippen LogP contribution in [0.5, 0.6) is 0 Å². The molecule has 6 N–H and O–H groups in total. The molecule has 0 aliphatic carbocycles. The number of aromatic nitrogens is 3. The summed E-state index contributed by atoms with van der Waals surface area (Å²) in [4.78, 5) is 24.0. The number of anilines is 1. The van der Waals surface area contributed by atoms with Gasteiger partial charge in [0.15, 0.2) is 5.69 Å². The number of hydrogen-bond donors (Lipinski definition) is 4. The van der Waals surface area contributed by atoms with Gasteiger partial charge in [0.05, 0.1) is 17.9 Å². The molecule has 1 aromatic carbocycles. The number of nitrogens with zero attached hydrogens (tertiary/aromatic N) is 2. The lowest BCUT2D eigenvalue weighted by Crippen LogP contribution is -2.45. The fraction of sp³-hybridized carbons (Fsp3) is 0.278. The molecule has 0 saturated carbocycles. The molecular weight excluding hydrogens is 384 g/mol. The van der Waals surface area contributed by atoms with Crippen molar-refractivity contribution in [2.24, 2.45) is 11.5 Å². The predicted octanol–water partition coefficient (Wildman–Crippen LogP) is 2.62. The van der Waals surface area contributed by atoms with E-state index < -0.39 is 5.91 Å². The molecule has 140 valence electrons. The van der Waals surface area contributed by atoms with Crippen LogP contribution in [-0.2, 0) is 0 Å². The topological polar surface area (TPSA) is 123 Å². The first-order valence-electron chi connectivity index (χ1n) is 8.56. The normalized spacial score (nSPS) is 19.9. The van der Waals surface area contributed by atoms with Crippen molar-refractivity contribution in [3.05, 3.63) is 41.2 Å². The minimum atomic E-state index is -0.634. The number of fused-ring (bicyclic) bond motifs is 1. The van der Waals surface area contributed by atoms with Crippen LogP contribution >= 0.6 is 23.4 Å². The van der Waals surface area contributed by atoms with Crippen LogP contribution in [0.4, 0.5) is 5.82 Å². The molecule has 1 fully saturated rings. The first kappa shape index (κ1) is 18.1. The first-order valence-corrected chi connectivity index (χ1v) is 10.1. The molecule has 9 heteroatoms. The summed E-state index contributed by atoms with van der Waals surface area (Å²) in [5.41, 5.74) is 13.8. The number of carbonyl (C=O) groups excluding carboxylic acids is 1. The maximum Gasteiger partial charge on any atom is 0.269 e. The highest BCUT2D eigenvalue weighted by Gasteiger charge is 2.23. The first-order chi connectivity index (χ1) is 13.0. The molecule has 7 nitrogen and oxygen atoms in total. The third kappa shape index (κ3) is 3.73. The van der Waals surface area contributed by atoms with Crippen LogP contribution in [0.2, 0.25) is 5.02 Å². The second-order valence-corrected chi connectivity index (χ2v) is 8.10. The lowest BCUT2D eigenvalue weighted by atomic mass is 10.1. The highest BCUT2D eigenvalue weighted by atomic mass is 35.5. The van der Waals surface area contributed by atoms with Gasteiger partial charge in [-0.15, -0.1) is 0 Å². The summed E-state index contributed by atoms with van der Waals surface area (Å²) in [7, 11) is 0. The quantitative estimate of drug-likeness (QED) is 0.532. The molecule has 0 unspecified atom stereocenters. The third-order valence-electron chi connectivity index (χ3n) is 4.59. The zero-order valence-corrected chi connectivity index (χ0v) is 16.0. The van der Waals surface area contributed by atoms with Crippen molar-refractivity contribution >= 4 is 46.0 Å². The summed E-state index contributed by atoms with van der Waals surface area (Å²) in [6.07, 6.45) is 2.47. The van der Waals surface area contributed by atoms with E-state index in [-0.39, 0.29) is 17.8 Å². The van der Waals surface area contributed by atoms with Crippen LogP contribution in [0.3, 0.4) is 0 Å². The van der Waals surface area contributed by atoms with Crippen LogP contribution in [0.15, 0.2) is 30.5 Å². The van der Waals surface area contributed by atoms with Crippen molar-refractivity contribution in [2.75, 3.05) is 16.8 Å². The Morgan fingerprint density at radius 2 is 2.22 bits per heavy atom. The van der Waals surface area contributed by atoms with Gasteiger partial charge < -0.3 is 21.8 Å². The molecule has 4 rings (SSSR count). The van der Waals surface area contributed by atoms with E-state index in [0.29, 0.717) is 22.2 Å². The second kappa shape index (κ2) is 7.38. The number of primary amides is 1. The lowest BCUT2D eigenvalue weighted by Gasteiger charge is -2.29. The van der Waals surface area contributed by atoms with E-state index in [4.69, 9.17) is 23.1 Å². The predicted molar refractivity (Wildman–Crippen MR) is 110 cm³/mol. The highest BCUT2D eigenvalue weighted by Crippen LogP contribution is 2.28. The number of rotatable bonds is 4. The lowest BCUT2D eigenvalue weighted by molar-refractivity contribution is 0.0996. The molecule has 3 aromatic rings. The Labute approximate surface area is 165 Å². The van der Waals surface area contributed by atoms with Crippen molar-refractivity contribution in [3.8, 4) is 11.4 Å². The van der Waals surface area contributed by atoms with Gasteiger partial charge in [-0.3, -0.25) is 4.79 Å². The Bertz CT molecular complexity index is 1010. The maximum absolute atomic E-state index is 11.9. The molecule has 2 atom stereocenters. The van der Waals surface area contributed by atoms with Crippen LogP contribution in [-0.4, -0.2) is 44.4 Å². The number of halogens is 1. The zero-order valence-electron chi connectivity index (χ0n) is 14.4. The van der Waals surface area contributed by atoms with Gasteiger partial charge in [-0.05, 0) is 36.4 Å². The van der Waals surface area contributed by atoms with E-state index in [1.807, 2.05) is 30.0 Å². The monoisotopic (exact) mass is 402 g/mol. The number of hydrogen-bond acceptors (Lipinski definition) is 6. The number of carbonyl (C=O) groups is 1. The van der Waals surface area contributed by atoms with Crippen molar-refractivity contribution < 1.29 is 4.79 Å². The molecular formula is C18H19ClN6OS. The van der Waals surface area contributed by atoms with Gasteiger partial charge in [-0.2, -0.15) is 11.8 Å². The summed E-state index contributed by atoms with van der Waals surface area (Å²) in [6, 6.07) is 7.55. The fourth-order valence-corrected chi connectivity index (χ4v) is 4.52. The maximum atomic E-state index is 11.9. The van der Waals surface area contributed by atoms with Crippen LogP contribution in [0.1, 0.15) is 16.9 Å². The standard InChI is InChI=1S/C18H19ClN6OS/c19-10-1-2-12-9(5-10)6-13(23-12)16-17(18(21)26)22-7-15(25-16)24-14-8-27-4-3-11(14)20/h1-2,5-7,11,14,23H,3-4,8,20H2,(H2,21,26)(H,24,25)/t11-,14+/m0/s1. The average Bonchev–Trinajstić information content (AvgIpc) is 3.06. The third-order valence-corrected chi connectivity index (χ3v) is 5.94. The number of aromatic amines is 1. The molecule has 0 spiro atoms. The van der Waals surface area contributed by atoms with E-state index in [2.05, 4.69) is 20.3 Å². The number of nitrogens with one attached hydrogen (secondary N) is 2. The van der Waals surface area contributed by atoms with Crippen molar-refractivity contribution in [1.29, 1.82) is 0 Å². The van der Waals surface area contributed by atoms with Crippen molar-refractivity contribution in [2.45, 2.75) is 18.5 Å². The second-order valence-electron chi connectivity index (χ2n) is 6.51. The smallest absolute Gasteiger partial charge is 0.269 e. The van der Waals surface area contributed by atoms with Crippen molar-refractivity contribution in [3.63, 3.8) is 0 Å². The Kier molecular flexibility index (Phi) is 4.94. The molecule has 0 bridgehead atoms. The molecule has 0 radical (unpaired) electrons. The zero-order chi connectivity index (χ0) is 19.0. The van der Waals surface area contributed by atoms with Crippen LogP contribution in [0, 0.1) is 0 Å². The molecule has 1 amide bonds. The average molecular weight is 403 g/mol. The van der Waals surface area contributed by atoms with Crippen LogP contribution in [0.25, 0.3) is 22.3 Å². The summed E-state index contributed by atoms with van der Waals surface area (Å²) in [5, 5.41) is 4.89. The van der Waals surface area contributed by atoms with Gasteiger partial charge in [0.2, 0.25) is 0 Å². The fourth-order valence-electron chi connectivity index (χ4n) is 3.15. The van der Waals surface area contributed by atoms with E-state index in [1.54, 1.807) is 6.07 Å². The van der Waals surface area contributed by atoms with Gasteiger partial charge in [0.1, 0.15) is 11.5 Å². The van der Waals surface area contributed by atoms with Gasteiger partial charge in [-0.25, -0.2) is 9.97 Å².